The molecule has 0 radical (unpaired) electrons. The Kier molecular flexibility index (Phi) is 6.56. The number of rotatable bonds is 1. The lowest BCUT2D eigenvalue weighted by Crippen LogP contribution is -2.59. The molecule has 4 rings (SSSR count). The fraction of sp³-hybridized carbons (Fsp3) is 0.615. The van der Waals surface area contributed by atoms with Crippen LogP contribution in [0.2, 0.25) is 0 Å². The first-order valence-corrected chi connectivity index (χ1v) is 12.1. The van der Waals surface area contributed by atoms with Crippen LogP contribution in [0.4, 0.5) is 13.2 Å². The topological polar surface area (TPSA) is 114 Å². The average molecular weight is 485 g/mol. The summed E-state index contributed by atoms with van der Waals surface area (Å²) in [6.45, 7) is 0. The number of nitrogens with zero attached hydrogens (tertiary/aromatic N) is 3. The Morgan fingerprint density at radius 1 is 0.914 bits per heavy atom. The van der Waals surface area contributed by atoms with Gasteiger partial charge in [0, 0.05) is 6.42 Å². The van der Waals surface area contributed by atoms with Gasteiger partial charge >= 0.3 is 6.18 Å². The van der Waals surface area contributed by atoms with Crippen LogP contribution in [0.25, 0.3) is 0 Å². The third-order valence-electron chi connectivity index (χ3n) is 7.83. The van der Waals surface area contributed by atoms with E-state index >= 15 is 0 Å². The molecule has 1 N–H and O–H groups in total. The Bertz CT molecular complexity index is 1100. The van der Waals surface area contributed by atoms with Crippen molar-refractivity contribution in [1.29, 1.82) is 21.2 Å². The second kappa shape index (κ2) is 9.17. The van der Waals surface area contributed by atoms with Crippen LogP contribution in [-0.4, -0.2) is 11.7 Å². The van der Waals surface area contributed by atoms with E-state index in [2.05, 4.69) is 6.07 Å². The average Bonchev–Trinajstić information content (AvgIpc) is 3.01. The van der Waals surface area contributed by atoms with E-state index < -0.39 is 46.3 Å². The van der Waals surface area contributed by atoms with Crippen molar-refractivity contribution in [3.8, 4) is 18.2 Å². The zero-order valence-corrected chi connectivity index (χ0v) is 19.3. The van der Waals surface area contributed by atoms with Crippen LogP contribution >= 0.6 is 0 Å². The van der Waals surface area contributed by atoms with Gasteiger partial charge in [0.25, 0.3) is 0 Å². The Morgan fingerprint density at radius 3 is 2.14 bits per heavy atom. The molecule has 3 aliphatic rings. The van der Waals surface area contributed by atoms with Gasteiger partial charge in [-0.3, -0.25) is 5.41 Å². The van der Waals surface area contributed by atoms with E-state index in [1.165, 1.54) is 12.1 Å². The summed E-state index contributed by atoms with van der Waals surface area (Å²) in [7, 11) is 0. The number of nitriles is 3. The number of ether oxygens (including phenoxy) is 2. The van der Waals surface area contributed by atoms with E-state index in [1.54, 1.807) is 0 Å². The minimum atomic E-state index is -4.64. The first-order chi connectivity index (χ1) is 16.7. The molecule has 2 saturated heterocycles. The number of nitrogens with one attached hydrogen (secondary N) is 1. The molecule has 2 heterocycles. The highest BCUT2D eigenvalue weighted by Gasteiger charge is 2.79. The number of hydrogen-bond acceptors (Lipinski definition) is 6. The second-order valence-electron chi connectivity index (χ2n) is 9.74. The maximum absolute atomic E-state index is 13.5. The maximum atomic E-state index is 13.5. The first-order valence-electron chi connectivity index (χ1n) is 12.1. The highest BCUT2D eigenvalue weighted by molar-refractivity contribution is 5.89. The third kappa shape index (κ3) is 3.76. The first kappa shape index (κ1) is 25.0. The van der Waals surface area contributed by atoms with Crippen molar-refractivity contribution in [1.82, 2.24) is 0 Å². The monoisotopic (exact) mass is 484 g/mol. The molecule has 2 bridgehead atoms. The molecule has 3 fully saturated rings. The fourth-order valence-electron chi connectivity index (χ4n) is 6.10. The quantitative estimate of drug-likeness (QED) is 0.485. The van der Waals surface area contributed by atoms with Gasteiger partial charge in [-0.25, -0.2) is 0 Å². The van der Waals surface area contributed by atoms with Gasteiger partial charge in [-0.05, 0) is 30.5 Å². The molecule has 1 saturated carbocycles. The predicted octanol–water partition coefficient (Wildman–Crippen LogP) is 6.55. The lowest BCUT2D eigenvalue weighted by atomic mass is 9.52. The van der Waals surface area contributed by atoms with E-state index in [-0.39, 0.29) is 5.56 Å². The zero-order chi connectivity index (χ0) is 25.3. The molecule has 184 valence electrons. The molecule has 0 aromatic heterocycles. The Morgan fingerprint density at radius 2 is 1.54 bits per heavy atom. The molecule has 4 unspecified atom stereocenters. The van der Waals surface area contributed by atoms with Crippen molar-refractivity contribution in [3.63, 3.8) is 0 Å². The number of benzene rings is 1. The second-order valence-corrected chi connectivity index (χ2v) is 9.74. The van der Waals surface area contributed by atoms with E-state index in [9.17, 15) is 29.0 Å². The van der Waals surface area contributed by atoms with Gasteiger partial charge in [-0.1, -0.05) is 57.1 Å². The van der Waals surface area contributed by atoms with Gasteiger partial charge < -0.3 is 9.47 Å². The predicted molar refractivity (Wildman–Crippen MR) is 118 cm³/mol. The van der Waals surface area contributed by atoms with E-state index in [0.29, 0.717) is 25.7 Å². The van der Waals surface area contributed by atoms with Crippen LogP contribution in [0.15, 0.2) is 24.3 Å². The summed E-state index contributed by atoms with van der Waals surface area (Å²) in [5.41, 5.74) is -5.21. The van der Waals surface area contributed by atoms with Crippen molar-refractivity contribution in [3.05, 3.63) is 35.4 Å². The Hall–Kier alpha value is -3.09. The van der Waals surface area contributed by atoms with Gasteiger partial charge in [-0.15, -0.1) is 0 Å². The molecule has 2 aliphatic heterocycles. The van der Waals surface area contributed by atoms with Crippen LogP contribution in [-0.2, 0) is 15.7 Å². The number of halogens is 3. The summed E-state index contributed by atoms with van der Waals surface area (Å²) in [5.74, 6) is -2.71. The minimum Gasteiger partial charge on any atom is -0.447 e. The van der Waals surface area contributed by atoms with Gasteiger partial charge in [0.15, 0.2) is 5.41 Å². The molecular weight excluding hydrogens is 457 g/mol. The minimum absolute atomic E-state index is 0.0372. The van der Waals surface area contributed by atoms with Gasteiger partial charge in [0.2, 0.25) is 17.1 Å². The number of hydrogen-bond donors (Lipinski definition) is 1. The van der Waals surface area contributed by atoms with Crippen LogP contribution < -0.4 is 0 Å². The molecule has 0 spiro atoms. The fourth-order valence-corrected chi connectivity index (χ4v) is 6.10. The maximum Gasteiger partial charge on any atom is 0.416 e. The highest BCUT2D eigenvalue weighted by atomic mass is 19.4. The lowest BCUT2D eigenvalue weighted by Gasteiger charge is -2.50. The SMILES string of the molecule is N#CC1(C#N)C(c2cccc(C(F)(F)F)c2)OC23CCCCCCCCCCC2C1(C#N)C(=N)O3. The van der Waals surface area contributed by atoms with Crippen molar-refractivity contribution < 1.29 is 22.6 Å². The van der Waals surface area contributed by atoms with Gasteiger partial charge in [-0.2, -0.15) is 29.0 Å². The molecule has 6 nitrogen and oxygen atoms in total. The van der Waals surface area contributed by atoms with E-state index in [1.807, 2.05) is 12.1 Å². The van der Waals surface area contributed by atoms with Crippen molar-refractivity contribution >= 4 is 5.90 Å². The summed E-state index contributed by atoms with van der Waals surface area (Å²) >= 11 is 0. The summed E-state index contributed by atoms with van der Waals surface area (Å²) in [5, 5.41) is 39.9. The summed E-state index contributed by atoms with van der Waals surface area (Å²) in [4.78, 5) is 0. The third-order valence-corrected chi connectivity index (χ3v) is 7.83. The standard InChI is InChI=1S/C26H27F3N4O2/c27-26(28,29)19-11-9-10-18(14-19)21-23(15-30,16-31)24(17-32)20-12-7-5-3-1-2-4-6-8-13-25(20,34-21)35-22(24)33/h9-11,14,20-21,33H,1-8,12-13H2. The Balaban J connectivity index is 1.90. The highest BCUT2D eigenvalue weighted by Crippen LogP contribution is 2.68. The largest absolute Gasteiger partial charge is 0.447 e. The normalized spacial score (nSPS) is 33.0. The molecule has 4 atom stereocenters. The molecule has 35 heavy (non-hydrogen) atoms. The van der Waals surface area contributed by atoms with Crippen LogP contribution in [0.3, 0.4) is 0 Å². The van der Waals surface area contributed by atoms with E-state index in [4.69, 9.17) is 14.9 Å². The lowest BCUT2D eigenvalue weighted by molar-refractivity contribution is -0.287. The molecule has 9 heteroatoms. The molecule has 0 amide bonds. The summed E-state index contributed by atoms with van der Waals surface area (Å²) in [6.07, 6.45) is 2.00. The molecular formula is C26H27F3N4O2. The number of alkyl halides is 3. The molecule has 1 aromatic carbocycles. The zero-order valence-electron chi connectivity index (χ0n) is 19.3. The van der Waals surface area contributed by atoms with Crippen LogP contribution in [0, 0.1) is 56.2 Å². The van der Waals surface area contributed by atoms with Gasteiger partial charge in [0.05, 0.1) is 29.7 Å². The smallest absolute Gasteiger partial charge is 0.416 e. The van der Waals surface area contributed by atoms with Crippen molar-refractivity contribution in [2.75, 3.05) is 0 Å². The molecule has 1 aromatic rings. The van der Waals surface area contributed by atoms with Crippen molar-refractivity contribution in [2.24, 2.45) is 16.7 Å². The van der Waals surface area contributed by atoms with E-state index in [0.717, 1.165) is 50.7 Å². The summed E-state index contributed by atoms with van der Waals surface area (Å²) in [6, 6.07) is 10.3. The van der Waals surface area contributed by atoms with Crippen LogP contribution in [0.1, 0.15) is 81.4 Å². The van der Waals surface area contributed by atoms with Gasteiger partial charge in [0.1, 0.15) is 6.10 Å². The summed E-state index contributed by atoms with van der Waals surface area (Å²) < 4.78 is 52.9. The van der Waals surface area contributed by atoms with Crippen molar-refractivity contribution in [2.45, 2.75) is 82.3 Å². The Labute approximate surface area is 202 Å². The molecule has 1 aliphatic carbocycles. The van der Waals surface area contributed by atoms with Crippen LogP contribution in [0.5, 0.6) is 0 Å².